The fourth-order valence-corrected chi connectivity index (χ4v) is 4.35. The van der Waals surface area contributed by atoms with Crippen molar-refractivity contribution in [1.82, 2.24) is 0 Å². The molecule has 0 amide bonds. The van der Waals surface area contributed by atoms with Gasteiger partial charge in [-0.3, -0.25) is 0 Å². The van der Waals surface area contributed by atoms with Crippen molar-refractivity contribution in [2.24, 2.45) is 0 Å². The molecule has 0 spiro atoms. The topological polar surface area (TPSA) is 57.2 Å². The van der Waals surface area contributed by atoms with Gasteiger partial charge in [-0.05, 0) is 48.3 Å². The Morgan fingerprint density at radius 1 is 0.778 bits per heavy atom. The van der Waals surface area contributed by atoms with Crippen molar-refractivity contribution in [2.45, 2.75) is 83.0 Å². The van der Waals surface area contributed by atoms with Crippen molar-refractivity contribution in [3.8, 4) is 0 Å². The van der Waals surface area contributed by atoms with E-state index in [4.69, 9.17) is 0 Å². The number of hydrogen-bond acceptors (Lipinski definition) is 3. The van der Waals surface area contributed by atoms with Crippen LogP contribution in [0.4, 0.5) is 0 Å². The molecule has 0 N–H and O–H groups in total. The van der Waals surface area contributed by atoms with Crippen LogP contribution in [0.5, 0.6) is 0 Å². The van der Waals surface area contributed by atoms with E-state index in [1.807, 2.05) is 24.3 Å². The molecular weight excluding hydrogens is 383 g/mol. The standard InChI is InChI=1S/C22H32O3S.K/c1-3-5-7-9-12-18-16-17-21(26(23,24)25)22-19(13-10-8-6-4-2)14-11-15-20(18)22;/h11,14-17H,3-10,12-13H2,1-2H3,(H,23,24,25);/q;+1/p-1. The second-order valence-electron chi connectivity index (χ2n) is 7.14. The van der Waals surface area contributed by atoms with Gasteiger partial charge in [-0.25, -0.2) is 8.42 Å². The van der Waals surface area contributed by atoms with E-state index in [-0.39, 0.29) is 56.3 Å². The van der Waals surface area contributed by atoms with Gasteiger partial charge in [0.25, 0.3) is 0 Å². The van der Waals surface area contributed by atoms with Crippen LogP contribution in [0.1, 0.15) is 76.3 Å². The normalized spacial score (nSPS) is 11.5. The molecule has 2 rings (SSSR count). The summed E-state index contributed by atoms with van der Waals surface area (Å²) in [6, 6.07) is 9.29. The first-order valence-electron chi connectivity index (χ1n) is 9.98. The molecule has 0 atom stereocenters. The van der Waals surface area contributed by atoms with E-state index in [1.165, 1.54) is 31.7 Å². The predicted octanol–water partition coefficient (Wildman–Crippen LogP) is 2.99. The van der Waals surface area contributed by atoms with E-state index in [0.29, 0.717) is 5.39 Å². The van der Waals surface area contributed by atoms with Gasteiger partial charge in [0, 0.05) is 5.39 Å². The van der Waals surface area contributed by atoms with E-state index in [1.54, 1.807) is 0 Å². The quantitative estimate of drug-likeness (QED) is 0.323. The number of hydrogen-bond donors (Lipinski definition) is 0. The summed E-state index contributed by atoms with van der Waals surface area (Å²) in [6.07, 6.45) is 10.9. The maximum Gasteiger partial charge on any atom is 1.00 e. The number of aryl methyl sites for hydroxylation is 2. The van der Waals surface area contributed by atoms with E-state index >= 15 is 0 Å². The van der Waals surface area contributed by atoms with E-state index in [0.717, 1.165) is 55.0 Å². The van der Waals surface area contributed by atoms with Crippen LogP contribution >= 0.6 is 0 Å². The van der Waals surface area contributed by atoms with Crippen molar-refractivity contribution in [3.63, 3.8) is 0 Å². The Kier molecular flexibility index (Phi) is 11.9. The molecule has 0 aliphatic carbocycles. The second-order valence-corrected chi connectivity index (χ2v) is 8.49. The first kappa shape index (κ1) is 25.3. The van der Waals surface area contributed by atoms with Gasteiger partial charge in [-0.15, -0.1) is 0 Å². The predicted molar refractivity (Wildman–Crippen MR) is 108 cm³/mol. The van der Waals surface area contributed by atoms with Crippen LogP contribution < -0.4 is 51.4 Å². The van der Waals surface area contributed by atoms with Crippen LogP contribution in [-0.4, -0.2) is 13.0 Å². The minimum absolute atomic E-state index is 0. The number of rotatable bonds is 11. The summed E-state index contributed by atoms with van der Waals surface area (Å²) in [4.78, 5) is -0.0594. The first-order chi connectivity index (χ1) is 12.5. The van der Waals surface area contributed by atoms with Crippen LogP contribution in [0.2, 0.25) is 0 Å². The minimum Gasteiger partial charge on any atom is -0.744 e. The number of unbranched alkanes of at least 4 members (excludes halogenated alkanes) is 6. The minimum atomic E-state index is -4.48. The van der Waals surface area contributed by atoms with Crippen molar-refractivity contribution in [3.05, 3.63) is 41.5 Å². The molecule has 144 valence electrons. The van der Waals surface area contributed by atoms with Gasteiger partial charge >= 0.3 is 51.4 Å². The summed E-state index contributed by atoms with van der Waals surface area (Å²) in [6.45, 7) is 4.36. The van der Waals surface area contributed by atoms with E-state index in [9.17, 15) is 13.0 Å². The smallest absolute Gasteiger partial charge is 0.744 e. The molecule has 0 aromatic heterocycles. The molecule has 0 aliphatic heterocycles. The molecular formula is C22H31KO3S. The van der Waals surface area contributed by atoms with Crippen LogP contribution in [0.15, 0.2) is 35.2 Å². The summed E-state index contributed by atoms with van der Waals surface area (Å²) in [5.41, 5.74) is 2.14. The zero-order chi connectivity index (χ0) is 19.0. The Morgan fingerprint density at radius 3 is 1.93 bits per heavy atom. The average Bonchev–Trinajstić information content (AvgIpc) is 2.61. The summed E-state index contributed by atoms with van der Waals surface area (Å²) in [5.74, 6) is 0. The summed E-state index contributed by atoms with van der Waals surface area (Å²) < 4.78 is 35.5. The fourth-order valence-electron chi connectivity index (χ4n) is 3.63. The Bertz CT molecular complexity index is 816. The van der Waals surface area contributed by atoms with Gasteiger partial charge in [-0.1, -0.05) is 76.6 Å². The maximum absolute atomic E-state index is 11.8. The Balaban J connectivity index is 0.00000364. The Labute approximate surface area is 207 Å². The Morgan fingerprint density at radius 2 is 1.37 bits per heavy atom. The third kappa shape index (κ3) is 7.54. The zero-order valence-corrected chi connectivity index (χ0v) is 21.0. The van der Waals surface area contributed by atoms with Gasteiger partial charge in [0.05, 0.1) is 4.90 Å². The molecule has 0 saturated heterocycles. The van der Waals surface area contributed by atoms with Crippen molar-refractivity contribution in [2.75, 3.05) is 0 Å². The van der Waals surface area contributed by atoms with Gasteiger partial charge in [0.15, 0.2) is 0 Å². The summed E-state index contributed by atoms with van der Waals surface area (Å²) in [5, 5.41) is 1.60. The van der Waals surface area contributed by atoms with Crippen molar-refractivity contribution < 1.29 is 64.4 Å². The van der Waals surface area contributed by atoms with Crippen molar-refractivity contribution in [1.29, 1.82) is 0 Å². The van der Waals surface area contributed by atoms with E-state index in [2.05, 4.69) is 13.8 Å². The molecule has 0 fully saturated rings. The fraction of sp³-hybridized carbons (Fsp3) is 0.545. The molecule has 0 saturated carbocycles. The summed E-state index contributed by atoms with van der Waals surface area (Å²) >= 11 is 0. The van der Waals surface area contributed by atoms with Gasteiger partial charge in [-0.2, -0.15) is 0 Å². The third-order valence-electron chi connectivity index (χ3n) is 5.05. The molecule has 5 heteroatoms. The number of fused-ring (bicyclic) bond motifs is 1. The molecule has 2 aromatic rings. The molecule has 0 heterocycles. The second kappa shape index (κ2) is 12.7. The van der Waals surface area contributed by atoms with Crippen molar-refractivity contribution >= 4 is 20.9 Å². The third-order valence-corrected chi connectivity index (χ3v) is 5.93. The summed E-state index contributed by atoms with van der Waals surface area (Å²) in [7, 11) is -4.48. The SMILES string of the molecule is CCCCCCc1ccc(S(=O)(=O)[O-])c2c(CCCCCC)cccc12.[K+]. The molecule has 27 heavy (non-hydrogen) atoms. The largest absolute Gasteiger partial charge is 1.00 e. The van der Waals surface area contributed by atoms with Crippen LogP contribution in [0, 0.1) is 0 Å². The Hall–Kier alpha value is 0.246. The zero-order valence-electron chi connectivity index (χ0n) is 17.1. The maximum atomic E-state index is 11.8. The van der Waals surface area contributed by atoms with Gasteiger partial charge in [0.1, 0.15) is 10.1 Å². The number of benzene rings is 2. The monoisotopic (exact) mass is 414 g/mol. The molecule has 0 unspecified atom stereocenters. The van der Waals surface area contributed by atoms with Gasteiger partial charge < -0.3 is 4.55 Å². The average molecular weight is 415 g/mol. The van der Waals surface area contributed by atoms with Crippen LogP contribution in [-0.2, 0) is 23.0 Å². The van der Waals surface area contributed by atoms with E-state index < -0.39 is 10.1 Å². The van der Waals surface area contributed by atoms with Crippen LogP contribution in [0.25, 0.3) is 10.8 Å². The molecule has 0 aliphatic rings. The molecule has 0 bridgehead atoms. The molecule has 3 nitrogen and oxygen atoms in total. The first-order valence-corrected chi connectivity index (χ1v) is 11.4. The molecule has 2 aromatic carbocycles. The van der Waals surface area contributed by atoms with Gasteiger partial charge in [0.2, 0.25) is 0 Å². The molecule has 0 radical (unpaired) electrons. The van der Waals surface area contributed by atoms with Crippen LogP contribution in [0.3, 0.4) is 0 Å².